The molecule has 0 spiro atoms. The summed E-state index contributed by atoms with van der Waals surface area (Å²) in [6, 6.07) is 17.7. The summed E-state index contributed by atoms with van der Waals surface area (Å²) in [6.45, 7) is 4.69. The summed E-state index contributed by atoms with van der Waals surface area (Å²) in [5, 5.41) is 2.92. The van der Waals surface area contributed by atoms with Crippen molar-refractivity contribution in [2.45, 2.75) is 45.4 Å². The molecule has 5 heteroatoms. The van der Waals surface area contributed by atoms with Gasteiger partial charge in [-0.3, -0.25) is 4.79 Å². The Morgan fingerprint density at radius 1 is 1.12 bits per heavy atom. The van der Waals surface area contributed by atoms with E-state index in [0.29, 0.717) is 19.6 Å². The highest BCUT2D eigenvalue weighted by atomic mass is 35.5. The lowest BCUT2D eigenvalue weighted by Crippen LogP contribution is -2.51. The van der Waals surface area contributed by atoms with Crippen LogP contribution in [0.15, 0.2) is 54.6 Å². The number of hydrogen-bond donors (Lipinski definition) is 2. The van der Waals surface area contributed by atoms with Crippen LogP contribution in [0.3, 0.4) is 0 Å². The Bertz CT molecular complexity index is 660. The zero-order valence-electron chi connectivity index (χ0n) is 14.8. The number of halogens is 1. The summed E-state index contributed by atoms with van der Waals surface area (Å²) in [5.41, 5.74) is 7.27. The van der Waals surface area contributed by atoms with E-state index in [2.05, 4.69) is 5.32 Å². The molecule has 1 atom stereocenters. The predicted molar refractivity (Wildman–Crippen MR) is 104 cm³/mol. The van der Waals surface area contributed by atoms with Gasteiger partial charge in [0, 0.05) is 12.1 Å². The molecular weight excluding hydrogens is 336 g/mol. The van der Waals surface area contributed by atoms with Crippen molar-refractivity contribution in [3.8, 4) is 5.75 Å². The van der Waals surface area contributed by atoms with Gasteiger partial charge in [-0.15, -0.1) is 12.4 Å². The first kappa shape index (κ1) is 21.0. The monoisotopic (exact) mass is 362 g/mol. The summed E-state index contributed by atoms with van der Waals surface area (Å²) in [4.78, 5) is 12.2. The molecular formula is C20H27ClN2O2. The summed E-state index contributed by atoms with van der Waals surface area (Å²) >= 11 is 0. The number of rotatable bonds is 8. The molecule has 0 aliphatic heterocycles. The molecule has 1 amide bonds. The van der Waals surface area contributed by atoms with E-state index in [0.717, 1.165) is 23.3 Å². The maximum atomic E-state index is 12.2. The van der Waals surface area contributed by atoms with E-state index in [4.69, 9.17) is 10.5 Å². The number of carbonyl (C=O) groups is 1. The highest BCUT2D eigenvalue weighted by molar-refractivity contribution is 5.85. The van der Waals surface area contributed by atoms with Crippen LogP contribution < -0.4 is 15.8 Å². The van der Waals surface area contributed by atoms with Crippen molar-refractivity contribution in [2.24, 2.45) is 5.73 Å². The minimum absolute atomic E-state index is 0. The molecule has 3 N–H and O–H groups in total. The van der Waals surface area contributed by atoms with E-state index >= 15 is 0 Å². The average Bonchev–Trinajstić information content (AvgIpc) is 2.59. The van der Waals surface area contributed by atoms with Crippen molar-refractivity contribution in [3.05, 3.63) is 65.7 Å². The van der Waals surface area contributed by atoms with Gasteiger partial charge >= 0.3 is 0 Å². The van der Waals surface area contributed by atoms with Crippen LogP contribution in [0, 0.1) is 0 Å². The Morgan fingerprint density at radius 2 is 1.76 bits per heavy atom. The maximum absolute atomic E-state index is 12.2. The number of amides is 1. The smallest absolute Gasteiger partial charge is 0.240 e. The number of benzene rings is 2. The quantitative estimate of drug-likeness (QED) is 0.750. The predicted octanol–water partition coefficient (Wildman–Crippen LogP) is 3.82. The van der Waals surface area contributed by atoms with Crippen molar-refractivity contribution in [3.63, 3.8) is 0 Å². The number of para-hydroxylation sites is 1. The second-order valence-electron chi connectivity index (χ2n) is 6.23. The molecule has 0 aromatic heterocycles. The molecule has 0 fully saturated rings. The number of hydrogen-bond acceptors (Lipinski definition) is 3. The Labute approximate surface area is 156 Å². The van der Waals surface area contributed by atoms with E-state index in [-0.39, 0.29) is 18.3 Å². The normalized spacial score (nSPS) is 12.6. The standard InChI is InChI=1S/C20H26N2O2.ClH/c1-3-13-20(2,21)19(23)22-14-17-11-7-8-12-18(17)24-15-16-9-5-4-6-10-16;/h4-12H,3,13-15,21H2,1-2H3,(H,22,23);1H. The topological polar surface area (TPSA) is 64.4 Å². The molecule has 2 rings (SSSR count). The summed E-state index contributed by atoms with van der Waals surface area (Å²) < 4.78 is 5.91. The summed E-state index contributed by atoms with van der Waals surface area (Å²) in [5.74, 6) is 0.637. The van der Waals surface area contributed by atoms with Crippen molar-refractivity contribution < 1.29 is 9.53 Å². The number of ether oxygens (including phenoxy) is 1. The molecule has 0 bridgehead atoms. The molecule has 1 unspecified atom stereocenters. The third kappa shape index (κ3) is 6.40. The summed E-state index contributed by atoms with van der Waals surface area (Å²) in [7, 11) is 0. The molecule has 136 valence electrons. The third-order valence-electron chi connectivity index (χ3n) is 3.94. The largest absolute Gasteiger partial charge is 0.489 e. The second-order valence-corrected chi connectivity index (χ2v) is 6.23. The fourth-order valence-corrected chi connectivity index (χ4v) is 2.54. The lowest BCUT2D eigenvalue weighted by Gasteiger charge is -2.23. The van der Waals surface area contributed by atoms with E-state index in [1.165, 1.54) is 0 Å². The minimum atomic E-state index is -0.839. The molecule has 2 aromatic rings. The van der Waals surface area contributed by atoms with Gasteiger partial charge in [-0.05, 0) is 25.0 Å². The van der Waals surface area contributed by atoms with Gasteiger partial charge in [0.25, 0.3) is 0 Å². The van der Waals surface area contributed by atoms with E-state index in [1.54, 1.807) is 6.92 Å². The molecule has 0 heterocycles. The molecule has 0 aliphatic rings. The van der Waals surface area contributed by atoms with Crippen LogP contribution in [0.5, 0.6) is 5.75 Å². The molecule has 2 aromatic carbocycles. The lowest BCUT2D eigenvalue weighted by atomic mass is 9.96. The highest BCUT2D eigenvalue weighted by Crippen LogP contribution is 2.19. The van der Waals surface area contributed by atoms with E-state index < -0.39 is 5.54 Å². The van der Waals surface area contributed by atoms with Crippen molar-refractivity contribution >= 4 is 18.3 Å². The molecule has 4 nitrogen and oxygen atoms in total. The van der Waals surface area contributed by atoms with Crippen LogP contribution in [-0.2, 0) is 17.9 Å². The van der Waals surface area contributed by atoms with Gasteiger partial charge < -0.3 is 15.8 Å². The van der Waals surface area contributed by atoms with Crippen LogP contribution in [0.2, 0.25) is 0 Å². The number of carbonyl (C=O) groups excluding carboxylic acids is 1. The molecule has 0 saturated heterocycles. The van der Waals surface area contributed by atoms with Gasteiger partial charge in [-0.25, -0.2) is 0 Å². The molecule has 0 aliphatic carbocycles. The first-order valence-electron chi connectivity index (χ1n) is 8.34. The SMILES string of the molecule is CCCC(C)(N)C(=O)NCc1ccccc1OCc1ccccc1.Cl. The Kier molecular flexibility index (Phi) is 8.46. The first-order valence-corrected chi connectivity index (χ1v) is 8.34. The average molecular weight is 363 g/mol. The second kappa shape index (κ2) is 10.1. The van der Waals surface area contributed by atoms with Crippen LogP contribution in [0.25, 0.3) is 0 Å². The first-order chi connectivity index (χ1) is 11.5. The number of nitrogens with two attached hydrogens (primary N) is 1. The number of nitrogens with one attached hydrogen (secondary N) is 1. The van der Waals surface area contributed by atoms with Crippen molar-refractivity contribution in [2.75, 3.05) is 0 Å². The van der Waals surface area contributed by atoms with Gasteiger partial charge in [0.2, 0.25) is 5.91 Å². The zero-order valence-corrected chi connectivity index (χ0v) is 15.6. The fourth-order valence-electron chi connectivity index (χ4n) is 2.54. The molecule has 25 heavy (non-hydrogen) atoms. The van der Waals surface area contributed by atoms with Crippen molar-refractivity contribution in [1.82, 2.24) is 5.32 Å². The van der Waals surface area contributed by atoms with Crippen LogP contribution in [-0.4, -0.2) is 11.4 Å². The lowest BCUT2D eigenvalue weighted by molar-refractivity contribution is -0.126. The Hall–Kier alpha value is -2.04. The van der Waals surface area contributed by atoms with Gasteiger partial charge in [0.15, 0.2) is 0 Å². The van der Waals surface area contributed by atoms with Gasteiger partial charge in [-0.1, -0.05) is 61.9 Å². The minimum Gasteiger partial charge on any atom is -0.489 e. The van der Waals surface area contributed by atoms with Crippen LogP contribution in [0.4, 0.5) is 0 Å². The highest BCUT2D eigenvalue weighted by Gasteiger charge is 2.26. The van der Waals surface area contributed by atoms with E-state index in [9.17, 15) is 4.79 Å². The fraction of sp³-hybridized carbons (Fsp3) is 0.350. The molecule has 0 saturated carbocycles. The Morgan fingerprint density at radius 3 is 2.44 bits per heavy atom. The molecule has 0 radical (unpaired) electrons. The van der Waals surface area contributed by atoms with E-state index in [1.807, 2.05) is 61.5 Å². The maximum Gasteiger partial charge on any atom is 0.240 e. The van der Waals surface area contributed by atoms with Crippen LogP contribution >= 0.6 is 12.4 Å². The summed E-state index contributed by atoms with van der Waals surface area (Å²) in [6.07, 6.45) is 1.53. The van der Waals surface area contributed by atoms with Crippen LogP contribution in [0.1, 0.15) is 37.8 Å². The third-order valence-corrected chi connectivity index (χ3v) is 3.94. The van der Waals surface area contributed by atoms with Gasteiger partial charge in [0.1, 0.15) is 12.4 Å². The van der Waals surface area contributed by atoms with Crippen molar-refractivity contribution in [1.29, 1.82) is 0 Å². The zero-order chi connectivity index (χ0) is 17.4. The van der Waals surface area contributed by atoms with Gasteiger partial charge in [-0.2, -0.15) is 0 Å². The van der Waals surface area contributed by atoms with Gasteiger partial charge in [0.05, 0.1) is 5.54 Å². The Balaban J connectivity index is 0.00000312.